The molecule has 27 heavy (non-hydrogen) atoms. The standard InChI is InChI=1S/C19H24N4O3S/c1-5-17(15-7-9-16(10-8-15)27(4,25)26)22-18(24)11-6-14-12-20-19(21-13-14)23(2)3/h6-13,17H,5H2,1-4H3,(H,22,24). The quantitative estimate of drug-likeness (QED) is 0.731. The Bertz CT molecular complexity index is 905. The van der Waals surface area contributed by atoms with Gasteiger partial charge >= 0.3 is 0 Å². The van der Waals surface area contributed by atoms with Crippen molar-refractivity contribution in [1.82, 2.24) is 15.3 Å². The zero-order chi connectivity index (χ0) is 20.0. The highest BCUT2D eigenvalue weighted by molar-refractivity contribution is 7.90. The average molecular weight is 388 g/mol. The van der Waals surface area contributed by atoms with Gasteiger partial charge in [-0.3, -0.25) is 4.79 Å². The Hall–Kier alpha value is -2.74. The number of sulfone groups is 1. The summed E-state index contributed by atoms with van der Waals surface area (Å²) in [6, 6.07) is 6.35. The largest absolute Gasteiger partial charge is 0.347 e. The lowest BCUT2D eigenvalue weighted by Crippen LogP contribution is -2.26. The lowest BCUT2D eigenvalue weighted by molar-refractivity contribution is -0.117. The molecule has 1 heterocycles. The average Bonchev–Trinajstić information content (AvgIpc) is 2.64. The molecule has 1 amide bonds. The number of hydrogen-bond donors (Lipinski definition) is 1. The maximum absolute atomic E-state index is 12.2. The molecule has 7 nitrogen and oxygen atoms in total. The molecule has 0 spiro atoms. The number of benzene rings is 1. The second-order valence-corrected chi connectivity index (χ2v) is 8.37. The number of carbonyl (C=O) groups excluding carboxylic acids is 1. The van der Waals surface area contributed by atoms with Crippen LogP contribution in [0.25, 0.3) is 6.08 Å². The molecular formula is C19H24N4O3S. The van der Waals surface area contributed by atoms with Crippen molar-refractivity contribution >= 4 is 27.8 Å². The number of nitrogens with zero attached hydrogens (tertiary/aromatic N) is 3. The van der Waals surface area contributed by atoms with Gasteiger partial charge in [0.1, 0.15) is 0 Å². The van der Waals surface area contributed by atoms with Crippen molar-refractivity contribution < 1.29 is 13.2 Å². The molecule has 2 aromatic rings. The first-order valence-corrected chi connectivity index (χ1v) is 10.4. The number of carbonyl (C=O) groups is 1. The number of nitrogens with one attached hydrogen (secondary N) is 1. The Morgan fingerprint density at radius 1 is 1.19 bits per heavy atom. The molecule has 0 bridgehead atoms. The first kappa shape index (κ1) is 20.6. The molecule has 0 aliphatic heterocycles. The second kappa shape index (κ2) is 8.77. The van der Waals surface area contributed by atoms with Crippen LogP contribution in [0.1, 0.15) is 30.5 Å². The van der Waals surface area contributed by atoms with Crippen LogP contribution < -0.4 is 10.2 Å². The van der Waals surface area contributed by atoms with Crippen LogP contribution in [-0.4, -0.2) is 44.6 Å². The van der Waals surface area contributed by atoms with E-state index in [1.54, 1.807) is 47.6 Å². The van der Waals surface area contributed by atoms with Crippen LogP contribution in [0.15, 0.2) is 47.6 Å². The van der Waals surface area contributed by atoms with E-state index in [2.05, 4.69) is 15.3 Å². The van der Waals surface area contributed by atoms with E-state index in [0.717, 1.165) is 11.1 Å². The zero-order valence-electron chi connectivity index (χ0n) is 15.9. The second-order valence-electron chi connectivity index (χ2n) is 6.35. The minimum Gasteiger partial charge on any atom is -0.347 e. The minimum atomic E-state index is -3.24. The number of amides is 1. The molecule has 0 aliphatic carbocycles. The monoisotopic (exact) mass is 388 g/mol. The highest BCUT2D eigenvalue weighted by atomic mass is 32.2. The van der Waals surface area contributed by atoms with Gasteiger partial charge in [-0.05, 0) is 30.2 Å². The number of rotatable bonds is 7. The van der Waals surface area contributed by atoms with Gasteiger partial charge in [0.25, 0.3) is 0 Å². The molecule has 1 unspecified atom stereocenters. The van der Waals surface area contributed by atoms with Crippen molar-refractivity contribution in [2.75, 3.05) is 25.3 Å². The van der Waals surface area contributed by atoms with Gasteiger partial charge in [0.05, 0.1) is 10.9 Å². The van der Waals surface area contributed by atoms with Crippen LogP contribution in [0, 0.1) is 0 Å². The normalized spacial score (nSPS) is 12.7. The van der Waals surface area contributed by atoms with Crippen LogP contribution in [0.4, 0.5) is 5.95 Å². The molecule has 1 N–H and O–H groups in total. The molecule has 2 rings (SSSR count). The molecule has 0 saturated heterocycles. The Balaban J connectivity index is 2.04. The van der Waals surface area contributed by atoms with Gasteiger partial charge in [-0.2, -0.15) is 0 Å². The van der Waals surface area contributed by atoms with Gasteiger partial charge in [-0.1, -0.05) is 19.1 Å². The molecule has 1 atom stereocenters. The highest BCUT2D eigenvalue weighted by Gasteiger charge is 2.13. The van der Waals surface area contributed by atoms with Crippen molar-refractivity contribution in [3.63, 3.8) is 0 Å². The third kappa shape index (κ3) is 5.89. The van der Waals surface area contributed by atoms with E-state index < -0.39 is 9.84 Å². The predicted molar refractivity (Wildman–Crippen MR) is 106 cm³/mol. The maximum atomic E-state index is 12.2. The summed E-state index contributed by atoms with van der Waals surface area (Å²) in [7, 11) is 0.469. The minimum absolute atomic E-state index is 0.205. The van der Waals surface area contributed by atoms with Gasteiger partial charge in [0.2, 0.25) is 11.9 Å². The van der Waals surface area contributed by atoms with Crippen molar-refractivity contribution in [3.05, 3.63) is 53.9 Å². The van der Waals surface area contributed by atoms with Crippen LogP contribution in [-0.2, 0) is 14.6 Å². The molecule has 0 fully saturated rings. The SMILES string of the molecule is CCC(NC(=O)C=Cc1cnc(N(C)C)nc1)c1ccc(S(C)(=O)=O)cc1. The summed E-state index contributed by atoms with van der Waals surface area (Å²) in [5.74, 6) is 0.353. The number of anilines is 1. The summed E-state index contributed by atoms with van der Waals surface area (Å²) >= 11 is 0. The van der Waals surface area contributed by atoms with Crippen LogP contribution in [0.3, 0.4) is 0 Å². The number of aromatic nitrogens is 2. The summed E-state index contributed by atoms with van der Waals surface area (Å²) in [4.78, 5) is 22.7. The third-order valence-electron chi connectivity index (χ3n) is 3.92. The van der Waals surface area contributed by atoms with E-state index in [1.807, 2.05) is 21.0 Å². The summed E-state index contributed by atoms with van der Waals surface area (Å²) in [5.41, 5.74) is 1.58. The van der Waals surface area contributed by atoms with Gasteiger partial charge < -0.3 is 10.2 Å². The fraction of sp³-hybridized carbons (Fsp3) is 0.316. The summed E-state index contributed by atoms with van der Waals surface area (Å²) in [5, 5.41) is 2.92. The third-order valence-corrected chi connectivity index (χ3v) is 5.05. The maximum Gasteiger partial charge on any atom is 0.244 e. The van der Waals surface area contributed by atoms with Crippen molar-refractivity contribution in [3.8, 4) is 0 Å². The van der Waals surface area contributed by atoms with Crippen molar-refractivity contribution in [1.29, 1.82) is 0 Å². The Morgan fingerprint density at radius 2 is 1.78 bits per heavy atom. The lowest BCUT2D eigenvalue weighted by Gasteiger charge is -2.16. The number of hydrogen-bond acceptors (Lipinski definition) is 6. The lowest BCUT2D eigenvalue weighted by atomic mass is 10.0. The molecular weight excluding hydrogens is 364 g/mol. The van der Waals surface area contributed by atoms with Gasteiger partial charge in [0.15, 0.2) is 9.84 Å². The molecule has 1 aromatic heterocycles. The summed E-state index contributed by atoms with van der Waals surface area (Å²) in [6.07, 6.45) is 8.22. The van der Waals surface area contributed by atoms with E-state index in [4.69, 9.17) is 0 Å². The highest BCUT2D eigenvalue weighted by Crippen LogP contribution is 2.19. The first-order valence-electron chi connectivity index (χ1n) is 8.48. The van der Waals surface area contributed by atoms with Gasteiger partial charge in [-0.25, -0.2) is 18.4 Å². The van der Waals surface area contributed by atoms with Gasteiger partial charge in [0, 0.05) is 44.4 Å². The molecule has 0 saturated carbocycles. The van der Waals surface area contributed by atoms with E-state index in [1.165, 1.54) is 12.3 Å². The van der Waals surface area contributed by atoms with Crippen LogP contribution >= 0.6 is 0 Å². The first-order chi connectivity index (χ1) is 12.7. The molecule has 8 heteroatoms. The Kier molecular flexibility index (Phi) is 6.68. The molecule has 144 valence electrons. The van der Waals surface area contributed by atoms with E-state index >= 15 is 0 Å². The van der Waals surface area contributed by atoms with Crippen LogP contribution in [0.2, 0.25) is 0 Å². The van der Waals surface area contributed by atoms with Crippen molar-refractivity contribution in [2.24, 2.45) is 0 Å². The molecule has 1 aromatic carbocycles. The van der Waals surface area contributed by atoms with Crippen molar-refractivity contribution in [2.45, 2.75) is 24.3 Å². The topological polar surface area (TPSA) is 92.3 Å². The smallest absolute Gasteiger partial charge is 0.244 e. The fourth-order valence-corrected chi connectivity index (χ4v) is 3.04. The van der Waals surface area contributed by atoms with Crippen LogP contribution in [0.5, 0.6) is 0 Å². The van der Waals surface area contributed by atoms with Gasteiger partial charge in [-0.15, -0.1) is 0 Å². The molecule has 0 aliphatic rings. The fourth-order valence-electron chi connectivity index (χ4n) is 2.41. The zero-order valence-corrected chi connectivity index (χ0v) is 16.7. The Morgan fingerprint density at radius 3 is 2.26 bits per heavy atom. The Labute approximate surface area is 160 Å². The summed E-state index contributed by atoms with van der Waals surface area (Å²) in [6.45, 7) is 1.95. The predicted octanol–water partition coefficient (Wildman–Crippen LogP) is 2.23. The van der Waals surface area contributed by atoms with E-state index in [9.17, 15) is 13.2 Å². The van der Waals surface area contributed by atoms with E-state index in [0.29, 0.717) is 12.4 Å². The molecule has 0 radical (unpaired) electrons. The van der Waals surface area contributed by atoms with E-state index in [-0.39, 0.29) is 16.8 Å². The summed E-state index contributed by atoms with van der Waals surface area (Å²) < 4.78 is 23.1.